The third kappa shape index (κ3) is 4.71. The third-order valence-corrected chi connectivity index (χ3v) is 8.02. The zero-order valence-electron chi connectivity index (χ0n) is 22.1. The fraction of sp³-hybridized carbons (Fsp3) is 0.379. The van der Waals surface area contributed by atoms with Gasteiger partial charge in [-0.05, 0) is 49.2 Å². The van der Waals surface area contributed by atoms with Gasteiger partial charge in [-0.1, -0.05) is 0 Å². The van der Waals surface area contributed by atoms with Crippen LogP contribution in [0, 0.1) is 0 Å². The van der Waals surface area contributed by atoms with E-state index in [1.165, 1.54) is 0 Å². The Balaban J connectivity index is 1.22. The van der Waals surface area contributed by atoms with Gasteiger partial charge in [-0.25, -0.2) is 5.84 Å². The minimum atomic E-state index is -0.666. The zero-order chi connectivity index (χ0) is 27.9. The number of hydrogen-bond donors (Lipinski definition) is 4. The molecule has 11 heteroatoms. The molecule has 0 radical (unpaired) electrons. The molecular weight excluding hydrogens is 512 g/mol. The summed E-state index contributed by atoms with van der Waals surface area (Å²) in [5.41, 5.74) is 4.32. The quantitative estimate of drug-likeness (QED) is 0.157. The number of Topliss-reactive ketones (excluding diaryl/α,β-unsaturated/α-hetero) is 1. The number of likely N-dealkylation sites (tertiary alicyclic amines) is 1. The summed E-state index contributed by atoms with van der Waals surface area (Å²) in [6.45, 7) is 0.919. The van der Waals surface area contributed by atoms with Crippen LogP contribution in [-0.2, 0) is 0 Å². The Morgan fingerprint density at radius 3 is 2.67 bits per heavy atom. The number of nitrogens with zero attached hydrogens (tertiary/aromatic N) is 3. The first-order valence-electron chi connectivity index (χ1n) is 13.5. The number of fused-ring (bicyclic) bond motifs is 2. The SMILES string of the molecule is N/N=C(\NN)c1ccc2c(c1)C(=O)CC1(CCN(C(=O)c3cc(OCCO)c4ccnc(C5CC5)c4c3)CC1)O2. The van der Waals surface area contributed by atoms with Crippen LogP contribution in [0.15, 0.2) is 47.7 Å². The van der Waals surface area contributed by atoms with Gasteiger partial charge in [0.15, 0.2) is 11.6 Å². The number of aliphatic hydroxyl groups excluding tert-OH is 1. The van der Waals surface area contributed by atoms with Crippen LogP contribution in [0.1, 0.15) is 70.0 Å². The van der Waals surface area contributed by atoms with Crippen LogP contribution in [0.3, 0.4) is 0 Å². The number of piperidine rings is 1. The molecule has 0 unspecified atom stereocenters. The second kappa shape index (κ2) is 10.4. The Labute approximate surface area is 231 Å². The Hall–Kier alpha value is -4.22. The number of aliphatic hydroxyl groups is 1. The van der Waals surface area contributed by atoms with Crippen molar-refractivity contribution in [1.82, 2.24) is 15.3 Å². The second-order valence-corrected chi connectivity index (χ2v) is 10.6. The summed E-state index contributed by atoms with van der Waals surface area (Å²) < 4.78 is 12.2. The summed E-state index contributed by atoms with van der Waals surface area (Å²) in [5, 5.41) is 14.7. The molecule has 1 amide bonds. The number of aromatic nitrogens is 1. The number of benzene rings is 2. The molecule has 0 bridgehead atoms. The Morgan fingerprint density at radius 2 is 1.98 bits per heavy atom. The molecule has 11 nitrogen and oxygen atoms in total. The van der Waals surface area contributed by atoms with Crippen molar-refractivity contribution in [1.29, 1.82) is 0 Å². The topological polar surface area (TPSA) is 165 Å². The average molecular weight is 545 g/mol. The van der Waals surface area contributed by atoms with E-state index < -0.39 is 5.60 Å². The van der Waals surface area contributed by atoms with Gasteiger partial charge in [0.25, 0.3) is 5.91 Å². The molecule has 1 aliphatic carbocycles. The number of rotatable bonds is 6. The van der Waals surface area contributed by atoms with E-state index in [2.05, 4.69) is 15.5 Å². The molecule has 3 aliphatic rings. The Morgan fingerprint density at radius 1 is 1.18 bits per heavy atom. The standard InChI is InChI=1S/C29H32N6O5/c30-33-27(34-31)18-3-4-24-22(13-18)23(37)16-29(40-24)6-9-35(10-7-29)28(38)19-14-21-20(25(15-19)39-12-11-36)5-8-32-26(21)17-1-2-17/h3-5,8,13-15,17,36H,1-2,6-7,9-12,16,30-31H2,(H,33,34). The first-order valence-corrected chi connectivity index (χ1v) is 13.5. The number of amides is 1. The maximum Gasteiger partial charge on any atom is 0.254 e. The van der Waals surface area contributed by atoms with E-state index in [9.17, 15) is 14.7 Å². The number of hydrazone groups is 1. The summed E-state index contributed by atoms with van der Waals surface area (Å²) in [4.78, 5) is 33.3. The molecule has 3 heterocycles. The number of pyridine rings is 1. The predicted octanol–water partition coefficient (Wildman–Crippen LogP) is 2.21. The van der Waals surface area contributed by atoms with E-state index in [1.54, 1.807) is 35.4 Å². The first kappa shape index (κ1) is 26.0. The summed E-state index contributed by atoms with van der Waals surface area (Å²) >= 11 is 0. The lowest BCUT2D eigenvalue weighted by Gasteiger charge is -2.44. The maximum atomic E-state index is 13.7. The van der Waals surface area contributed by atoms with E-state index in [-0.39, 0.29) is 37.2 Å². The molecule has 3 aromatic rings. The Bertz CT molecular complexity index is 1510. The van der Waals surface area contributed by atoms with E-state index >= 15 is 0 Å². The van der Waals surface area contributed by atoms with E-state index in [0.29, 0.717) is 60.0 Å². The number of ketones is 1. The molecule has 6 rings (SSSR count). The molecule has 40 heavy (non-hydrogen) atoms. The van der Waals surface area contributed by atoms with Gasteiger partial charge >= 0.3 is 0 Å². The van der Waals surface area contributed by atoms with Crippen LogP contribution in [0.4, 0.5) is 0 Å². The molecule has 6 N–H and O–H groups in total. The highest BCUT2D eigenvalue weighted by atomic mass is 16.5. The molecule has 1 spiro atoms. The normalized spacial score (nSPS) is 18.4. The van der Waals surface area contributed by atoms with Gasteiger partial charge < -0.3 is 30.7 Å². The first-order chi connectivity index (χ1) is 19.4. The van der Waals surface area contributed by atoms with Crippen LogP contribution in [0.2, 0.25) is 0 Å². The summed E-state index contributed by atoms with van der Waals surface area (Å²) in [5.74, 6) is 12.4. The van der Waals surface area contributed by atoms with Gasteiger partial charge in [-0.3, -0.25) is 14.6 Å². The van der Waals surface area contributed by atoms with Crippen molar-refractivity contribution in [3.8, 4) is 11.5 Å². The van der Waals surface area contributed by atoms with Crippen LogP contribution < -0.4 is 26.6 Å². The Kier molecular flexibility index (Phi) is 6.77. The largest absolute Gasteiger partial charge is 0.491 e. The predicted molar refractivity (Wildman–Crippen MR) is 148 cm³/mol. The number of carbonyl (C=O) groups is 2. The molecule has 208 valence electrons. The number of ether oxygens (including phenoxy) is 2. The molecule has 2 aliphatic heterocycles. The molecule has 2 aromatic carbocycles. The smallest absolute Gasteiger partial charge is 0.254 e. The fourth-order valence-electron chi connectivity index (χ4n) is 5.77. The van der Waals surface area contributed by atoms with Gasteiger partial charge in [0.05, 0.1) is 24.3 Å². The highest BCUT2D eigenvalue weighted by Crippen LogP contribution is 2.44. The number of nitrogens with two attached hydrogens (primary N) is 2. The van der Waals surface area contributed by atoms with Gasteiger partial charge in [-0.2, -0.15) is 5.10 Å². The lowest BCUT2D eigenvalue weighted by Crippen LogP contribution is -2.52. The lowest BCUT2D eigenvalue weighted by atomic mass is 9.82. The van der Waals surface area contributed by atoms with Crippen molar-refractivity contribution in [2.75, 3.05) is 26.3 Å². The second-order valence-electron chi connectivity index (χ2n) is 10.6. The molecule has 1 saturated carbocycles. The van der Waals surface area contributed by atoms with Crippen molar-refractivity contribution >= 4 is 28.3 Å². The molecule has 1 aromatic heterocycles. The summed E-state index contributed by atoms with van der Waals surface area (Å²) in [6.07, 6.45) is 5.23. The number of hydrogen-bond acceptors (Lipinski definition) is 9. The lowest BCUT2D eigenvalue weighted by molar-refractivity contribution is -0.00572. The van der Waals surface area contributed by atoms with E-state index in [1.807, 2.05) is 12.1 Å². The number of nitrogens with one attached hydrogen (secondary N) is 1. The van der Waals surface area contributed by atoms with Gasteiger partial charge in [-0.15, -0.1) is 0 Å². The van der Waals surface area contributed by atoms with Crippen LogP contribution in [0.5, 0.6) is 11.5 Å². The van der Waals surface area contributed by atoms with Crippen molar-refractivity contribution in [3.63, 3.8) is 0 Å². The van der Waals surface area contributed by atoms with Crippen molar-refractivity contribution in [3.05, 3.63) is 65.0 Å². The van der Waals surface area contributed by atoms with E-state index in [0.717, 1.165) is 29.3 Å². The molecule has 2 fully saturated rings. The van der Waals surface area contributed by atoms with Crippen LogP contribution in [0.25, 0.3) is 10.8 Å². The molecule has 1 saturated heterocycles. The van der Waals surface area contributed by atoms with Crippen molar-refractivity contribution in [2.45, 2.75) is 43.6 Å². The van der Waals surface area contributed by atoms with Gasteiger partial charge in [0.1, 0.15) is 23.7 Å². The zero-order valence-corrected chi connectivity index (χ0v) is 22.1. The molecule has 0 atom stereocenters. The summed E-state index contributed by atoms with van der Waals surface area (Å²) in [7, 11) is 0. The van der Waals surface area contributed by atoms with Gasteiger partial charge in [0, 0.05) is 59.9 Å². The average Bonchev–Trinajstić information content (AvgIpc) is 3.82. The van der Waals surface area contributed by atoms with Crippen LogP contribution >= 0.6 is 0 Å². The number of amidine groups is 1. The van der Waals surface area contributed by atoms with Crippen molar-refractivity contribution in [2.24, 2.45) is 16.8 Å². The number of hydrazine groups is 1. The fourth-order valence-corrected chi connectivity index (χ4v) is 5.77. The van der Waals surface area contributed by atoms with Crippen LogP contribution in [-0.4, -0.2) is 64.4 Å². The highest BCUT2D eigenvalue weighted by Gasteiger charge is 2.44. The minimum absolute atomic E-state index is 0.0309. The summed E-state index contributed by atoms with van der Waals surface area (Å²) in [6, 6.07) is 10.7. The molecular formula is C29H32N6O5. The maximum absolute atomic E-state index is 13.7. The highest BCUT2D eigenvalue weighted by molar-refractivity contribution is 6.05. The van der Waals surface area contributed by atoms with E-state index in [4.69, 9.17) is 21.2 Å². The van der Waals surface area contributed by atoms with Gasteiger partial charge in [0.2, 0.25) is 0 Å². The number of carbonyl (C=O) groups excluding carboxylic acids is 2. The van der Waals surface area contributed by atoms with Crippen molar-refractivity contribution < 1.29 is 24.2 Å². The third-order valence-electron chi connectivity index (χ3n) is 8.02. The minimum Gasteiger partial charge on any atom is -0.491 e. The monoisotopic (exact) mass is 544 g/mol.